The molecule has 35 heavy (non-hydrogen) atoms. The number of rotatable bonds is 2. The SMILES string of the molecule is CC12CC[C@@H](c3cc(F)cc(F)c3)N1C(=O)C1(CCN(C(=O)c3cnc4ccccc4n3)CC1)O2. The Bertz CT molecular complexity index is 1340. The van der Waals surface area contributed by atoms with Crippen LogP contribution in [0.25, 0.3) is 11.0 Å². The number of likely N-dealkylation sites (tertiary alicyclic amines) is 1. The van der Waals surface area contributed by atoms with Crippen LogP contribution in [0.5, 0.6) is 0 Å². The van der Waals surface area contributed by atoms with Crippen LogP contribution in [-0.4, -0.2) is 56.0 Å². The molecule has 3 aromatic rings. The van der Waals surface area contributed by atoms with Gasteiger partial charge in [-0.3, -0.25) is 14.6 Å². The van der Waals surface area contributed by atoms with Crippen LogP contribution in [0.15, 0.2) is 48.7 Å². The van der Waals surface area contributed by atoms with E-state index in [0.29, 0.717) is 55.4 Å². The molecule has 0 aliphatic carbocycles. The Hall–Kier alpha value is -3.46. The molecule has 0 radical (unpaired) electrons. The molecule has 0 N–H and O–H groups in total. The van der Waals surface area contributed by atoms with Gasteiger partial charge in [0.05, 0.1) is 23.3 Å². The van der Waals surface area contributed by atoms with Gasteiger partial charge < -0.3 is 14.5 Å². The van der Waals surface area contributed by atoms with E-state index in [1.54, 1.807) is 9.80 Å². The topological polar surface area (TPSA) is 75.6 Å². The quantitative estimate of drug-likeness (QED) is 0.557. The summed E-state index contributed by atoms with van der Waals surface area (Å²) in [6, 6.07) is 10.3. The molecule has 2 atom stereocenters. The highest BCUT2D eigenvalue weighted by Crippen LogP contribution is 2.53. The van der Waals surface area contributed by atoms with Crippen LogP contribution in [0.1, 0.15) is 54.7 Å². The summed E-state index contributed by atoms with van der Waals surface area (Å²) in [5, 5.41) is 0. The first-order valence-corrected chi connectivity index (χ1v) is 11.8. The lowest BCUT2D eigenvalue weighted by Gasteiger charge is -2.37. The van der Waals surface area contributed by atoms with Gasteiger partial charge in [0.2, 0.25) is 0 Å². The van der Waals surface area contributed by atoms with E-state index in [1.165, 1.54) is 18.3 Å². The maximum Gasteiger partial charge on any atom is 0.274 e. The highest BCUT2D eigenvalue weighted by Gasteiger charge is 2.63. The average Bonchev–Trinajstić information content (AvgIpc) is 3.28. The van der Waals surface area contributed by atoms with Crippen molar-refractivity contribution >= 4 is 22.8 Å². The molecule has 7 nitrogen and oxygen atoms in total. The normalized spacial score (nSPS) is 25.5. The zero-order valence-electron chi connectivity index (χ0n) is 19.2. The van der Waals surface area contributed by atoms with Crippen LogP contribution in [-0.2, 0) is 9.53 Å². The third-order valence-corrected chi connectivity index (χ3v) is 7.52. The first kappa shape index (κ1) is 22.0. The second-order valence-electron chi connectivity index (χ2n) is 9.74. The summed E-state index contributed by atoms with van der Waals surface area (Å²) in [4.78, 5) is 38.9. The summed E-state index contributed by atoms with van der Waals surface area (Å²) in [5.74, 6) is -1.74. The summed E-state index contributed by atoms with van der Waals surface area (Å²) in [6.45, 7) is 2.53. The van der Waals surface area contributed by atoms with Crippen molar-refractivity contribution in [3.63, 3.8) is 0 Å². The van der Waals surface area contributed by atoms with Crippen LogP contribution in [0.3, 0.4) is 0 Å². The molecule has 3 saturated heterocycles. The third-order valence-electron chi connectivity index (χ3n) is 7.52. The van der Waals surface area contributed by atoms with E-state index in [-0.39, 0.29) is 17.5 Å². The zero-order chi connectivity index (χ0) is 24.4. The fourth-order valence-corrected chi connectivity index (χ4v) is 5.82. The van der Waals surface area contributed by atoms with Crippen molar-refractivity contribution in [2.75, 3.05) is 13.1 Å². The van der Waals surface area contributed by atoms with Gasteiger partial charge in [-0.05, 0) is 49.6 Å². The van der Waals surface area contributed by atoms with Gasteiger partial charge in [-0.25, -0.2) is 13.8 Å². The van der Waals surface area contributed by atoms with Gasteiger partial charge in [-0.2, -0.15) is 0 Å². The predicted octanol–water partition coefficient (Wildman–Crippen LogP) is 3.99. The number of halogens is 2. The summed E-state index contributed by atoms with van der Waals surface area (Å²) in [6.07, 6.45) is 3.29. The Balaban J connectivity index is 1.21. The van der Waals surface area contributed by atoms with Crippen molar-refractivity contribution in [3.8, 4) is 0 Å². The van der Waals surface area contributed by atoms with Gasteiger partial charge in [0, 0.05) is 32.0 Å². The molecular weight excluding hydrogens is 454 g/mol. The molecule has 0 saturated carbocycles. The number of ether oxygens (including phenoxy) is 1. The molecule has 1 aromatic heterocycles. The first-order valence-electron chi connectivity index (χ1n) is 11.8. The Kier molecular flexibility index (Phi) is 4.90. The van der Waals surface area contributed by atoms with E-state index < -0.39 is 29.0 Å². The van der Waals surface area contributed by atoms with Crippen LogP contribution in [0.2, 0.25) is 0 Å². The van der Waals surface area contributed by atoms with Crippen molar-refractivity contribution < 1.29 is 23.1 Å². The monoisotopic (exact) mass is 478 g/mol. The van der Waals surface area contributed by atoms with Crippen molar-refractivity contribution in [1.82, 2.24) is 19.8 Å². The van der Waals surface area contributed by atoms with E-state index >= 15 is 0 Å². The van der Waals surface area contributed by atoms with Crippen LogP contribution in [0, 0.1) is 11.6 Å². The smallest absolute Gasteiger partial charge is 0.274 e. The minimum atomic E-state index is -1.05. The molecule has 1 spiro atoms. The summed E-state index contributed by atoms with van der Waals surface area (Å²) < 4.78 is 34.2. The highest BCUT2D eigenvalue weighted by molar-refractivity contribution is 5.94. The number of benzene rings is 2. The zero-order valence-corrected chi connectivity index (χ0v) is 19.2. The lowest BCUT2D eigenvalue weighted by Crippen LogP contribution is -2.51. The molecule has 0 bridgehead atoms. The number of nitrogens with zero attached hydrogens (tertiary/aromatic N) is 4. The van der Waals surface area contributed by atoms with E-state index in [0.717, 1.165) is 6.07 Å². The predicted molar refractivity (Wildman–Crippen MR) is 122 cm³/mol. The molecule has 3 fully saturated rings. The Morgan fingerprint density at radius 1 is 1.06 bits per heavy atom. The first-order chi connectivity index (χ1) is 16.8. The molecule has 180 valence electrons. The van der Waals surface area contributed by atoms with Gasteiger partial charge >= 0.3 is 0 Å². The fraction of sp³-hybridized carbons (Fsp3) is 0.385. The van der Waals surface area contributed by atoms with Crippen molar-refractivity contribution in [2.24, 2.45) is 0 Å². The van der Waals surface area contributed by atoms with E-state index in [4.69, 9.17) is 4.74 Å². The molecule has 2 amide bonds. The molecule has 3 aliphatic heterocycles. The number of hydrogen-bond acceptors (Lipinski definition) is 5. The number of amides is 2. The lowest BCUT2D eigenvalue weighted by molar-refractivity contribution is -0.148. The van der Waals surface area contributed by atoms with Gasteiger partial charge in [0.15, 0.2) is 5.60 Å². The van der Waals surface area contributed by atoms with E-state index in [1.807, 2.05) is 31.2 Å². The van der Waals surface area contributed by atoms with E-state index in [9.17, 15) is 18.4 Å². The molecule has 9 heteroatoms. The number of para-hydroxylation sites is 2. The van der Waals surface area contributed by atoms with Gasteiger partial charge in [0.25, 0.3) is 11.8 Å². The van der Waals surface area contributed by atoms with Crippen LogP contribution < -0.4 is 0 Å². The number of carbonyl (C=O) groups is 2. The molecule has 6 rings (SSSR count). The number of fused-ring (bicyclic) bond motifs is 2. The number of hydrogen-bond donors (Lipinski definition) is 0. The number of piperidine rings is 1. The molecule has 4 heterocycles. The standard InChI is InChI=1S/C26H24F2N4O3/c1-25-7-6-22(16-12-17(27)14-18(28)13-16)32(25)24(34)26(35-25)8-10-31(11-9-26)23(33)21-15-29-19-4-2-3-5-20(19)30-21/h2-5,12-15,22H,6-11H2,1H3/t22-,25?/m0/s1. The minimum absolute atomic E-state index is 0.176. The maximum absolute atomic E-state index is 13.9. The van der Waals surface area contributed by atoms with Crippen molar-refractivity contribution in [1.29, 1.82) is 0 Å². The van der Waals surface area contributed by atoms with Gasteiger partial charge in [-0.15, -0.1) is 0 Å². The highest BCUT2D eigenvalue weighted by atomic mass is 19.1. The van der Waals surface area contributed by atoms with Crippen molar-refractivity contribution in [3.05, 3.63) is 71.6 Å². The van der Waals surface area contributed by atoms with Crippen LogP contribution in [0.4, 0.5) is 8.78 Å². The lowest BCUT2D eigenvalue weighted by atomic mass is 9.89. The second kappa shape index (κ2) is 7.78. The molecular formula is C26H24F2N4O3. The number of carbonyl (C=O) groups excluding carboxylic acids is 2. The van der Waals surface area contributed by atoms with Gasteiger partial charge in [-0.1, -0.05) is 12.1 Å². The number of aromatic nitrogens is 2. The van der Waals surface area contributed by atoms with E-state index in [2.05, 4.69) is 9.97 Å². The maximum atomic E-state index is 13.9. The third kappa shape index (κ3) is 3.48. The summed E-state index contributed by atoms with van der Waals surface area (Å²) >= 11 is 0. The summed E-state index contributed by atoms with van der Waals surface area (Å²) in [7, 11) is 0. The molecule has 3 aliphatic rings. The average molecular weight is 478 g/mol. The summed E-state index contributed by atoms with van der Waals surface area (Å²) in [5.41, 5.74) is 0.163. The largest absolute Gasteiger partial charge is 0.339 e. The fourth-order valence-electron chi connectivity index (χ4n) is 5.82. The Morgan fingerprint density at radius 3 is 2.46 bits per heavy atom. The second-order valence-corrected chi connectivity index (χ2v) is 9.74. The Labute approximate surface area is 200 Å². The Morgan fingerprint density at radius 2 is 1.74 bits per heavy atom. The molecule has 2 aromatic carbocycles. The molecule has 1 unspecified atom stereocenters. The van der Waals surface area contributed by atoms with Crippen LogP contribution >= 0.6 is 0 Å². The minimum Gasteiger partial charge on any atom is -0.339 e. The van der Waals surface area contributed by atoms with Gasteiger partial charge in [0.1, 0.15) is 23.1 Å². The van der Waals surface area contributed by atoms with Crippen molar-refractivity contribution in [2.45, 2.75) is 50.0 Å².